The van der Waals surface area contributed by atoms with E-state index >= 15 is 0 Å². The lowest BCUT2D eigenvalue weighted by Gasteiger charge is -2.38. The first-order valence-corrected chi connectivity index (χ1v) is 12.0. The maximum Gasteiger partial charge on any atom is 0.306 e. The van der Waals surface area contributed by atoms with Gasteiger partial charge >= 0.3 is 5.97 Å². The van der Waals surface area contributed by atoms with Gasteiger partial charge in [-0.15, -0.1) is 0 Å². The van der Waals surface area contributed by atoms with E-state index in [2.05, 4.69) is 0 Å². The number of carbonyl (C=O) groups excluding carboxylic acids is 1. The van der Waals surface area contributed by atoms with Crippen LogP contribution in [0.5, 0.6) is 5.75 Å². The zero-order chi connectivity index (χ0) is 22.6. The Morgan fingerprint density at radius 3 is 2.06 bits per heavy atom. The SMILES string of the molecule is CCOc1ccc([C@H]2CC[C@H]([C@H]3CC[C@H](CC(=O)OC(C)(C)C)CC3)CC2)c(F)c1F. The Morgan fingerprint density at radius 1 is 0.935 bits per heavy atom. The number of rotatable bonds is 6. The van der Waals surface area contributed by atoms with Crippen LogP contribution in [0.3, 0.4) is 0 Å². The van der Waals surface area contributed by atoms with Crippen molar-refractivity contribution in [1.82, 2.24) is 0 Å². The molecule has 2 aliphatic rings. The minimum atomic E-state index is -0.857. The van der Waals surface area contributed by atoms with Crippen LogP contribution in [0.2, 0.25) is 0 Å². The molecule has 0 spiro atoms. The molecule has 3 rings (SSSR count). The van der Waals surface area contributed by atoms with Crippen LogP contribution in [-0.2, 0) is 9.53 Å². The van der Waals surface area contributed by atoms with Crippen molar-refractivity contribution < 1.29 is 23.0 Å². The van der Waals surface area contributed by atoms with Crippen molar-refractivity contribution in [2.75, 3.05) is 6.61 Å². The summed E-state index contributed by atoms with van der Waals surface area (Å²) in [5.41, 5.74) is 0.0824. The summed E-state index contributed by atoms with van der Waals surface area (Å²) in [6.07, 6.45) is 8.98. The van der Waals surface area contributed by atoms with Gasteiger partial charge in [-0.1, -0.05) is 6.07 Å². The fourth-order valence-electron chi connectivity index (χ4n) is 5.51. The molecule has 174 valence electrons. The molecular formula is C26H38F2O3. The van der Waals surface area contributed by atoms with E-state index in [-0.39, 0.29) is 17.6 Å². The molecule has 0 aliphatic heterocycles. The largest absolute Gasteiger partial charge is 0.491 e. The van der Waals surface area contributed by atoms with Gasteiger partial charge in [0.25, 0.3) is 0 Å². The molecule has 1 aromatic rings. The lowest BCUT2D eigenvalue weighted by Crippen LogP contribution is -2.28. The van der Waals surface area contributed by atoms with Gasteiger partial charge in [0.2, 0.25) is 5.82 Å². The number of hydrogen-bond donors (Lipinski definition) is 0. The lowest BCUT2D eigenvalue weighted by molar-refractivity contribution is -0.156. The van der Waals surface area contributed by atoms with E-state index in [9.17, 15) is 13.6 Å². The lowest BCUT2D eigenvalue weighted by atomic mass is 9.68. The molecule has 0 unspecified atom stereocenters. The molecule has 0 N–H and O–H groups in total. The second-order valence-electron chi connectivity index (χ2n) is 10.4. The Kier molecular flexibility index (Phi) is 7.98. The number of esters is 1. The van der Waals surface area contributed by atoms with Crippen molar-refractivity contribution in [2.45, 2.75) is 97.0 Å². The quantitative estimate of drug-likeness (QED) is 0.443. The third kappa shape index (κ3) is 6.43. The minimum absolute atomic E-state index is 0.000535. The van der Waals surface area contributed by atoms with Crippen LogP contribution >= 0.6 is 0 Å². The van der Waals surface area contributed by atoms with Crippen LogP contribution in [0.4, 0.5) is 8.78 Å². The van der Waals surface area contributed by atoms with Crippen molar-refractivity contribution >= 4 is 5.97 Å². The summed E-state index contributed by atoms with van der Waals surface area (Å²) in [5, 5.41) is 0. The molecule has 0 bridgehead atoms. The highest BCUT2D eigenvalue weighted by Crippen LogP contribution is 2.45. The summed E-state index contributed by atoms with van der Waals surface area (Å²) in [6.45, 7) is 7.81. The summed E-state index contributed by atoms with van der Waals surface area (Å²) in [7, 11) is 0. The van der Waals surface area contributed by atoms with Crippen molar-refractivity contribution in [3.8, 4) is 5.75 Å². The third-order valence-electron chi connectivity index (χ3n) is 7.02. The van der Waals surface area contributed by atoms with E-state index in [1.54, 1.807) is 19.1 Å². The first-order chi connectivity index (χ1) is 14.7. The van der Waals surface area contributed by atoms with E-state index in [4.69, 9.17) is 9.47 Å². The van der Waals surface area contributed by atoms with E-state index in [1.165, 1.54) is 0 Å². The molecule has 0 radical (unpaired) electrons. The van der Waals surface area contributed by atoms with Gasteiger partial charge in [-0.05, 0) is 114 Å². The molecule has 2 aliphatic carbocycles. The van der Waals surface area contributed by atoms with E-state index in [1.807, 2.05) is 20.8 Å². The maximum absolute atomic E-state index is 14.6. The summed E-state index contributed by atoms with van der Waals surface area (Å²) in [5.74, 6) is 0.198. The second-order valence-corrected chi connectivity index (χ2v) is 10.4. The minimum Gasteiger partial charge on any atom is -0.491 e. The Bertz CT molecular complexity index is 740. The van der Waals surface area contributed by atoms with Crippen LogP contribution in [0.15, 0.2) is 12.1 Å². The molecule has 0 saturated heterocycles. The van der Waals surface area contributed by atoms with Gasteiger partial charge in [0, 0.05) is 6.42 Å². The Hall–Kier alpha value is -1.65. The Labute approximate surface area is 185 Å². The van der Waals surface area contributed by atoms with Crippen molar-refractivity contribution in [3.63, 3.8) is 0 Å². The summed E-state index contributed by atoms with van der Waals surface area (Å²) in [4.78, 5) is 12.1. The molecule has 2 fully saturated rings. The molecule has 5 heteroatoms. The summed E-state index contributed by atoms with van der Waals surface area (Å²) >= 11 is 0. The molecule has 0 heterocycles. The van der Waals surface area contributed by atoms with Crippen LogP contribution in [0.1, 0.15) is 97.0 Å². The van der Waals surface area contributed by atoms with Gasteiger partial charge in [-0.3, -0.25) is 4.79 Å². The fourth-order valence-corrected chi connectivity index (χ4v) is 5.51. The molecule has 3 nitrogen and oxygen atoms in total. The van der Waals surface area contributed by atoms with Gasteiger partial charge in [-0.2, -0.15) is 4.39 Å². The number of ether oxygens (including phenoxy) is 2. The van der Waals surface area contributed by atoms with Crippen LogP contribution in [-0.4, -0.2) is 18.2 Å². The highest BCUT2D eigenvalue weighted by Gasteiger charge is 2.33. The van der Waals surface area contributed by atoms with Crippen LogP contribution in [0.25, 0.3) is 0 Å². The van der Waals surface area contributed by atoms with Gasteiger partial charge in [-0.25, -0.2) is 4.39 Å². The second kappa shape index (κ2) is 10.3. The van der Waals surface area contributed by atoms with Crippen LogP contribution in [0, 0.1) is 29.4 Å². The standard InChI is InChI=1S/C26H38F2O3/c1-5-30-22-15-14-21(24(27)25(22)28)20-12-10-19(11-13-20)18-8-6-17(7-9-18)16-23(29)31-26(2,3)4/h14-15,17-20H,5-13,16H2,1-4H3/t17-,18-,19-,20-. The molecule has 31 heavy (non-hydrogen) atoms. The van der Waals surface area contributed by atoms with E-state index < -0.39 is 17.2 Å². The van der Waals surface area contributed by atoms with Crippen LogP contribution < -0.4 is 4.74 Å². The molecule has 2 saturated carbocycles. The zero-order valence-electron chi connectivity index (χ0n) is 19.5. The molecule has 0 atom stereocenters. The van der Waals surface area contributed by atoms with E-state index in [0.29, 0.717) is 36.3 Å². The average molecular weight is 437 g/mol. The summed E-state index contributed by atoms with van der Waals surface area (Å²) in [6, 6.07) is 3.27. The fraction of sp³-hybridized carbons (Fsp3) is 0.731. The van der Waals surface area contributed by atoms with Gasteiger partial charge < -0.3 is 9.47 Å². The normalized spacial score (nSPS) is 27.0. The molecular weight excluding hydrogens is 398 g/mol. The number of benzene rings is 1. The van der Waals surface area contributed by atoms with Gasteiger partial charge in [0.15, 0.2) is 11.6 Å². The smallest absolute Gasteiger partial charge is 0.306 e. The maximum atomic E-state index is 14.6. The monoisotopic (exact) mass is 436 g/mol. The summed E-state index contributed by atoms with van der Waals surface area (Å²) < 4.78 is 39.5. The first kappa shape index (κ1) is 24.0. The van der Waals surface area contributed by atoms with Crippen molar-refractivity contribution in [3.05, 3.63) is 29.3 Å². The highest BCUT2D eigenvalue weighted by atomic mass is 19.2. The predicted molar refractivity (Wildman–Crippen MR) is 118 cm³/mol. The molecule has 0 amide bonds. The third-order valence-corrected chi connectivity index (χ3v) is 7.02. The Morgan fingerprint density at radius 2 is 1.52 bits per heavy atom. The molecule has 1 aromatic carbocycles. The van der Waals surface area contributed by atoms with Gasteiger partial charge in [0.1, 0.15) is 5.60 Å². The predicted octanol–water partition coefficient (Wildman–Crippen LogP) is 7.18. The number of carbonyl (C=O) groups is 1. The topological polar surface area (TPSA) is 35.5 Å². The highest BCUT2D eigenvalue weighted by molar-refractivity contribution is 5.70. The molecule has 0 aromatic heterocycles. The zero-order valence-corrected chi connectivity index (χ0v) is 19.5. The van der Waals surface area contributed by atoms with E-state index in [0.717, 1.165) is 51.4 Å². The number of halogens is 2. The average Bonchev–Trinajstić information content (AvgIpc) is 2.71. The van der Waals surface area contributed by atoms with Crippen molar-refractivity contribution in [2.24, 2.45) is 17.8 Å². The van der Waals surface area contributed by atoms with Crippen molar-refractivity contribution in [1.29, 1.82) is 0 Å². The van der Waals surface area contributed by atoms with Gasteiger partial charge in [0.05, 0.1) is 6.61 Å². The Balaban J connectivity index is 1.47. The number of hydrogen-bond acceptors (Lipinski definition) is 3. The first-order valence-electron chi connectivity index (χ1n) is 12.0.